The third kappa shape index (κ3) is 1.76. The van der Waals surface area contributed by atoms with Gasteiger partial charge in [0.1, 0.15) is 5.69 Å². The summed E-state index contributed by atoms with van der Waals surface area (Å²) in [6, 6.07) is 17.6. The molecule has 4 nitrogen and oxygen atoms in total. The Balaban J connectivity index is 2.07. The summed E-state index contributed by atoms with van der Waals surface area (Å²) in [6.45, 7) is 0. The van der Waals surface area contributed by atoms with E-state index in [2.05, 4.69) is 21.3 Å². The maximum Gasteiger partial charge on any atom is 0.101 e. The lowest BCUT2D eigenvalue weighted by Gasteiger charge is -2.03. The van der Waals surface area contributed by atoms with Crippen molar-refractivity contribution >= 4 is 21.8 Å². The maximum absolute atomic E-state index is 9.08. The molecule has 0 radical (unpaired) electrons. The molecule has 0 aliphatic carbocycles. The highest BCUT2D eigenvalue weighted by atomic mass is 15.1. The zero-order chi connectivity index (χ0) is 14.2. The zero-order valence-electron chi connectivity index (χ0n) is 11.0. The quantitative estimate of drug-likeness (QED) is 0.574. The molecule has 1 N–H and O–H groups in total. The second-order valence-electron chi connectivity index (χ2n) is 4.82. The van der Waals surface area contributed by atoms with Gasteiger partial charge < -0.3 is 0 Å². The largest absolute Gasteiger partial charge is 0.277 e. The first-order chi connectivity index (χ1) is 10.4. The predicted molar refractivity (Wildman–Crippen MR) is 81.5 cm³/mol. The molecule has 4 heteroatoms. The van der Waals surface area contributed by atoms with Crippen LogP contribution in [0.3, 0.4) is 0 Å². The normalized spacial score (nSPS) is 10.8. The number of aromatic nitrogens is 3. The van der Waals surface area contributed by atoms with Crippen LogP contribution in [0.1, 0.15) is 5.56 Å². The van der Waals surface area contributed by atoms with Crippen molar-refractivity contribution in [2.75, 3.05) is 0 Å². The Bertz CT molecular complexity index is 1000. The van der Waals surface area contributed by atoms with Crippen LogP contribution in [0.4, 0.5) is 0 Å². The average molecular weight is 270 g/mol. The van der Waals surface area contributed by atoms with Crippen molar-refractivity contribution in [2.24, 2.45) is 0 Å². The standard InChI is InChI=1S/C17H10N4/c18-10-11-5-6-16-14(9-11)17(21-20-16)13-7-8-19-15-4-2-1-3-12(13)15/h1-9H,(H,20,21). The van der Waals surface area contributed by atoms with Crippen molar-refractivity contribution in [1.29, 1.82) is 5.26 Å². The number of benzene rings is 2. The molecule has 0 aliphatic heterocycles. The molecule has 0 amide bonds. The average Bonchev–Trinajstić information content (AvgIpc) is 2.97. The van der Waals surface area contributed by atoms with Crippen molar-refractivity contribution in [3.8, 4) is 17.3 Å². The lowest BCUT2D eigenvalue weighted by molar-refractivity contribution is 1.12. The van der Waals surface area contributed by atoms with Crippen LogP contribution < -0.4 is 0 Å². The molecule has 0 saturated heterocycles. The molecule has 2 aromatic heterocycles. The van der Waals surface area contributed by atoms with Crippen LogP contribution in [-0.4, -0.2) is 15.2 Å². The first-order valence-corrected chi connectivity index (χ1v) is 6.59. The fourth-order valence-corrected chi connectivity index (χ4v) is 2.59. The number of nitrogens with zero attached hydrogens (tertiary/aromatic N) is 3. The Morgan fingerprint density at radius 1 is 1.00 bits per heavy atom. The van der Waals surface area contributed by atoms with E-state index in [0.717, 1.165) is 33.1 Å². The number of hydrogen-bond acceptors (Lipinski definition) is 3. The Morgan fingerprint density at radius 3 is 2.81 bits per heavy atom. The summed E-state index contributed by atoms with van der Waals surface area (Å²) in [5, 5.41) is 18.5. The van der Waals surface area contributed by atoms with Crippen LogP contribution in [-0.2, 0) is 0 Å². The van der Waals surface area contributed by atoms with Gasteiger partial charge in [0.15, 0.2) is 0 Å². The van der Waals surface area contributed by atoms with E-state index >= 15 is 0 Å². The summed E-state index contributed by atoms with van der Waals surface area (Å²) in [7, 11) is 0. The Labute approximate surface area is 120 Å². The first kappa shape index (κ1) is 11.6. The smallest absolute Gasteiger partial charge is 0.101 e. The van der Waals surface area contributed by atoms with Gasteiger partial charge in [-0.15, -0.1) is 0 Å². The summed E-state index contributed by atoms with van der Waals surface area (Å²) in [5.74, 6) is 0. The third-order valence-electron chi connectivity index (χ3n) is 3.60. The van der Waals surface area contributed by atoms with E-state index < -0.39 is 0 Å². The van der Waals surface area contributed by atoms with Gasteiger partial charge in [-0.25, -0.2) is 0 Å². The Kier molecular flexibility index (Phi) is 2.45. The number of pyridine rings is 1. The summed E-state index contributed by atoms with van der Waals surface area (Å²) in [6.07, 6.45) is 1.78. The van der Waals surface area contributed by atoms with Gasteiger partial charge in [0.2, 0.25) is 0 Å². The molecular formula is C17H10N4. The minimum atomic E-state index is 0.628. The van der Waals surface area contributed by atoms with Crippen LogP contribution in [0.2, 0.25) is 0 Å². The number of H-pyrrole nitrogens is 1. The molecule has 4 aromatic rings. The van der Waals surface area contributed by atoms with Crippen LogP contribution in [0, 0.1) is 11.3 Å². The SMILES string of the molecule is N#Cc1ccc2[nH]nc(-c3ccnc4ccccc34)c2c1. The van der Waals surface area contributed by atoms with E-state index in [9.17, 15) is 0 Å². The van der Waals surface area contributed by atoms with Gasteiger partial charge in [-0.3, -0.25) is 10.1 Å². The highest BCUT2D eigenvalue weighted by molar-refractivity contribution is 6.02. The third-order valence-corrected chi connectivity index (χ3v) is 3.60. The molecule has 2 heterocycles. The van der Waals surface area contributed by atoms with E-state index in [1.165, 1.54) is 0 Å². The molecule has 98 valence electrons. The number of rotatable bonds is 1. The van der Waals surface area contributed by atoms with Crippen molar-refractivity contribution in [1.82, 2.24) is 15.2 Å². The second-order valence-corrected chi connectivity index (χ2v) is 4.82. The predicted octanol–water partition coefficient (Wildman–Crippen LogP) is 3.65. The summed E-state index contributed by atoms with van der Waals surface area (Å²) in [4.78, 5) is 4.38. The zero-order valence-corrected chi connectivity index (χ0v) is 11.0. The van der Waals surface area contributed by atoms with E-state index in [1.54, 1.807) is 12.3 Å². The molecular weight excluding hydrogens is 260 g/mol. The fourth-order valence-electron chi connectivity index (χ4n) is 2.59. The van der Waals surface area contributed by atoms with Crippen molar-refractivity contribution in [3.63, 3.8) is 0 Å². The van der Waals surface area contributed by atoms with Crippen LogP contribution in [0.25, 0.3) is 33.1 Å². The molecule has 0 unspecified atom stereocenters. The summed E-state index contributed by atoms with van der Waals surface area (Å²) < 4.78 is 0. The molecule has 4 rings (SSSR count). The summed E-state index contributed by atoms with van der Waals surface area (Å²) >= 11 is 0. The summed E-state index contributed by atoms with van der Waals surface area (Å²) in [5.41, 5.74) is 4.35. The number of fused-ring (bicyclic) bond motifs is 2. The lowest BCUT2D eigenvalue weighted by atomic mass is 10.0. The van der Waals surface area contributed by atoms with Crippen molar-refractivity contribution < 1.29 is 0 Å². The fraction of sp³-hybridized carbons (Fsp3) is 0. The molecule has 0 fully saturated rings. The van der Waals surface area contributed by atoms with Crippen molar-refractivity contribution in [3.05, 3.63) is 60.3 Å². The Morgan fingerprint density at radius 2 is 1.90 bits per heavy atom. The number of hydrogen-bond donors (Lipinski definition) is 1. The van der Waals surface area contributed by atoms with Gasteiger partial charge in [-0.1, -0.05) is 18.2 Å². The molecule has 2 aromatic carbocycles. The van der Waals surface area contributed by atoms with E-state index in [1.807, 2.05) is 42.5 Å². The maximum atomic E-state index is 9.08. The van der Waals surface area contributed by atoms with Gasteiger partial charge in [0.05, 0.1) is 22.7 Å². The van der Waals surface area contributed by atoms with Gasteiger partial charge in [-0.2, -0.15) is 10.4 Å². The topological polar surface area (TPSA) is 65.4 Å². The first-order valence-electron chi connectivity index (χ1n) is 6.59. The molecule has 0 saturated carbocycles. The van der Waals surface area contributed by atoms with Crippen LogP contribution in [0.5, 0.6) is 0 Å². The van der Waals surface area contributed by atoms with Crippen LogP contribution >= 0.6 is 0 Å². The van der Waals surface area contributed by atoms with Gasteiger partial charge in [0, 0.05) is 22.5 Å². The Hall–Kier alpha value is -3.19. The number of para-hydroxylation sites is 1. The van der Waals surface area contributed by atoms with Gasteiger partial charge in [0.25, 0.3) is 0 Å². The van der Waals surface area contributed by atoms with E-state index in [4.69, 9.17) is 5.26 Å². The highest BCUT2D eigenvalue weighted by Crippen LogP contribution is 2.31. The monoisotopic (exact) mass is 270 g/mol. The number of nitriles is 1. The molecule has 21 heavy (non-hydrogen) atoms. The van der Waals surface area contributed by atoms with Crippen LogP contribution in [0.15, 0.2) is 54.7 Å². The van der Waals surface area contributed by atoms with E-state index in [-0.39, 0.29) is 0 Å². The van der Waals surface area contributed by atoms with Crippen molar-refractivity contribution in [2.45, 2.75) is 0 Å². The minimum Gasteiger partial charge on any atom is -0.277 e. The molecule has 0 atom stereocenters. The lowest BCUT2D eigenvalue weighted by Crippen LogP contribution is -1.85. The molecule has 0 spiro atoms. The minimum absolute atomic E-state index is 0.628. The van der Waals surface area contributed by atoms with E-state index in [0.29, 0.717) is 5.56 Å². The molecule has 0 aliphatic rings. The highest BCUT2D eigenvalue weighted by Gasteiger charge is 2.11. The number of aromatic amines is 1. The van der Waals surface area contributed by atoms with Gasteiger partial charge >= 0.3 is 0 Å². The second kappa shape index (κ2) is 4.43. The number of nitrogens with one attached hydrogen (secondary N) is 1. The molecule has 0 bridgehead atoms. The van der Waals surface area contributed by atoms with Gasteiger partial charge in [-0.05, 0) is 30.3 Å².